The highest BCUT2D eigenvalue weighted by atomic mass is 32.1. The number of hydrogen-bond acceptors (Lipinski definition) is 2. The van der Waals surface area contributed by atoms with Crippen LogP contribution in [0.2, 0.25) is 0 Å². The fourth-order valence-electron chi connectivity index (χ4n) is 8.85. The van der Waals surface area contributed by atoms with Crippen molar-refractivity contribution >= 4 is 107 Å². The van der Waals surface area contributed by atoms with Crippen molar-refractivity contribution in [1.82, 2.24) is 0 Å². The minimum absolute atomic E-state index is 1.30. The molecule has 0 atom stereocenters. The normalized spacial score (nSPS) is 12.4. The third-order valence-corrected chi connectivity index (χ3v) is 13.5. The molecule has 0 amide bonds. The molecule has 2 heterocycles. The predicted octanol–water partition coefficient (Wildman–Crippen LogP) is 14.9. The number of benzene rings is 10. The second-order valence-corrected chi connectivity index (χ2v) is 15.6. The summed E-state index contributed by atoms with van der Waals surface area (Å²) in [6.45, 7) is 0. The molecule has 0 radical (unpaired) electrons. The quantitative estimate of drug-likeness (QED) is 0.165. The molecule has 10 aromatic carbocycles. The first-order valence-electron chi connectivity index (χ1n) is 17.2. The van der Waals surface area contributed by atoms with Gasteiger partial charge in [-0.2, -0.15) is 0 Å². The third kappa shape index (κ3) is 3.54. The van der Waals surface area contributed by atoms with Crippen LogP contribution in [0.15, 0.2) is 158 Å². The highest BCUT2D eigenvalue weighted by molar-refractivity contribution is 7.29. The van der Waals surface area contributed by atoms with Crippen molar-refractivity contribution in [3.05, 3.63) is 158 Å². The second-order valence-electron chi connectivity index (χ2n) is 13.5. The van der Waals surface area contributed by atoms with Gasteiger partial charge in [0.25, 0.3) is 0 Å². The second kappa shape index (κ2) is 9.89. The first-order valence-corrected chi connectivity index (χ1v) is 18.8. The zero-order valence-electron chi connectivity index (χ0n) is 26.8. The Bertz CT molecular complexity index is 3060. The van der Waals surface area contributed by atoms with Crippen LogP contribution in [0.4, 0.5) is 0 Å². The van der Waals surface area contributed by atoms with Crippen molar-refractivity contribution in [3.63, 3.8) is 0 Å². The molecule has 0 unspecified atom stereocenters. The number of thiophene rings is 2. The van der Waals surface area contributed by atoms with E-state index in [4.69, 9.17) is 0 Å². The third-order valence-electron chi connectivity index (χ3n) is 11.0. The molecule has 0 saturated heterocycles. The molecular formula is C48H26S2. The molecule has 0 nitrogen and oxygen atoms in total. The average molecular weight is 667 g/mol. The molecule has 2 heteroatoms. The Balaban J connectivity index is 1.22. The van der Waals surface area contributed by atoms with Crippen molar-refractivity contribution in [2.75, 3.05) is 0 Å². The lowest BCUT2D eigenvalue weighted by Crippen LogP contribution is -1.89. The smallest absolute Gasteiger partial charge is 0.0540 e. The lowest BCUT2D eigenvalue weighted by molar-refractivity contribution is 1.74. The molecule has 0 aliphatic carbocycles. The first kappa shape index (κ1) is 27.1. The van der Waals surface area contributed by atoms with Crippen LogP contribution < -0.4 is 0 Å². The van der Waals surface area contributed by atoms with Crippen LogP contribution in [0.1, 0.15) is 0 Å². The van der Waals surface area contributed by atoms with E-state index in [9.17, 15) is 0 Å². The number of rotatable bonds is 3. The van der Waals surface area contributed by atoms with Gasteiger partial charge in [-0.25, -0.2) is 0 Å². The molecule has 0 spiro atoms. The molecule has 0 bridgehead atoms. The largest absolute Gasteiger partial charge is 0.134 e. The van der Waals surface area contributed by atoms with Crippen molar-refractivity contribution in [3.8, 4) is 32.0 Å². The van der Waals surface area contributed by atoms with Gasteiger partial charge in [-0.3, -0.25) is 0 Å². The van der Waals surface area contributed by atoms with Crippen LogP contribution in [0.25, 0.3) is 117 Å². The Morgan fingerprint density at radius 3 is 1.06 bits per heavy atom. The maximum absolute atomic E-state index is 2.38. The molecule has 12 rings (SSSR count). The van der Waals surface area contributed by atoms with Gasteiger partial charge in [-0.05, 0) is 87.9 Å². The summed E-state index contributed by atoms with van der Waals surface area (Å²) < 4.78 is 2.64. The monoisotopic (exact) mass is 666 g/mol. The van der Waals surface area contributed by atoms with Gasteiger partial charge in [-0.15, -0.1) is 22.7 Å². The summed E-state index contributed by atoms with van der Waals surface area (Å²) in [7, 11) is 0. The summed E-state index contributed by atoms with van der Waals surface area (Å²) >= 11 is 3.88. The molecule has 0 fully saturated rings. The molecule has 0 aliphatic rings. The first-order chi connectivity index (χ1) is 24.8. The molecule has 12 aromatic rings. The molecule has 50 heavy (non-hydrogen) atoms. The lowest BCUT2D eigenvalue weighted by atomic mass is 9.87. The van der Waals surface area contributed by atoms with Gasteiger partial charge in [0, 0.05) is 31.3 Å². The van der Waals surface area contributed by atoms with Crippen molar-refractivity contribution in [2.24, 2.45) is 0 Å². The van der Waals surface area contributed by atoms with Crippen LogP contribution >= 0.6 is 22.7 Å². The molecular weight excluding hydrogens is 641 g/mol. The molecule has 230 valence electrons. The Labute approximate surface area is 295 Å². The van der Waals surface area contributed by atoms with Gasteiger partial charge in [-0.1, -0.05) is 146 Å². The van der Waals surface area contributed by atoms with Gasteiger partial charge >= 0.3 is 0 Å². The van der Waals surface area contributed by atoms with E-state index >= 15 is 0 Å². The fourth-order valence-corrected chi connectivity index (χ4v) is 11.4. The summed E-state index contributed by atoms with van der Waals surface area (Å²) in [6, 6.07) is 59.3. The summed E-state index contributed by atoms with van der Waals surface area (Å²) in [4.78, 5) is 2.70. The Morgan fingerprint density at radius 2 is 0.620 bits per heavy atom. The SMILES string of the molecule is c1cc2ccc3ccc(-c4c(-c5sc6ccccc6c5-c5ccc6ccc7cccc8ccc5c6c78)sc5ccccc45)c4ccc(c1)c2c34. The van der Waals surface area contributed by atoms with Crippen molar-refractivity contribution in [2.45, 2.75) is 0 Å². The van der Waals surface area contributed by atoms with E-state index in [0.29, 0.717) is 0 Å². The summed E-state index contributed by atoms with van der Waals surface area (Å²) in [5, 5.41) is 18.5. The maximum atomic E-state index is 2.38. The van der Waals surface area contributed by atoms with Gasteiger partial charge < -0.3 is 0 Å². The Kier molecular flexibility index (Phi) is 5.35. The highest BCUT2D eigenvalue weighted by Crippen LogP contribution is 2.55. The van der Waals surface area contributed by atoms with Crippen LogP contribution in [0.5, 0.6) is 0 Å². The predicted molar refractivity (Wildman–Crippen MR) is 221 cm³/mol. The van der Waals surface area contributed by atoms with E-state index in [2.05, 4.69) is 158 Å². The van der Waals surface area contributed by atoms with Crippen LogP contribution in [-0.4, -0.2) is 0 Å². The molecule has 2 aromatic heterocycles. The van der Waals surface area contributed by atoms with Gasteiger partial charge in [0.1, 0.15) is 0 Å². The van der Waals surface area contributed by atoms with E-state index in [1.165, 1.54) is 117 Å². The molecule has 0 N–H and O–H groups in total. The summed E-state index contributed by atoms with van der Waals surface area (Å²) in [5.41, 5.74) is 5.30. The number of fused-ring (bicyclic) bond motifs is 2. The van der Waals surface area contributed by atoms with Crippen molar-refractivity contribution < 1.29 is 0 Å². The van der Waals surface area contributed by atoms with Gasteiger partial charge in [0.2, 0.25) is 0 Å². The fraction of sp³-hybridized carbons (Fsp3) is 0. The lowest BCUT2D eigenvalue weighted by Gasteiger charge is -2.16. The van der Waals surface area contributed by atoms with Gasteiger partial charge in [0.05, 0.1) is 9.75 Å². The maximum Gasteiger partial charge on any atom is 0.0540 e. The van der Waals surface area contributed by atoms with Gasteiger partial charge in [0.15, 0.2) is 0 Å². The van der Waals surface area contributed by atoms with Crippen molar-refractivity contribution in [1.29, 1.82) is 0 Å². The van der Waals surface area contributed by atoms with Crippen LogP contribution in [0.3, 0.4) is 0 Å². The molecule has 0 aliphatic heterocycles. The zero-order chi connectivity index (χ0) is 32.5. The number of hydrogen-bond donors (Lipinski definition) is 0. The summed E-state index contributed by atoms with van der Waals surface area (Å²) in [6.07, 6.45) is 0. The van der Waals surface area contributed by atoms with Crippen LogP contribution in [-0.2, 0) is 0 Å². The molecule has 0 saturated carbocycles. The highest BCUT2D eigenvalue weighted by Gasteiger charge is 2.25. The average Bonchev–Trinajstić information content (AvgIpc) is 3.75. The Morgan fingerprint density at radius 1 is 0.260 bits per heavy atom. The van der Waals surface area contributed by atoms with E-state index in [1.807, 2.05) is 22.7 Å². The zero-order valence-corrected chi connectivity index (χ0v) is 28.5. The standard InChI is InChI=1S/C48H26S2/c1-3-13-39-37(11-1)45(35-25-21-31-17-15-27-7-5-9-29-19-23-33(35)43(31)41(27)29)47(49-39)48-46(38-12-2-4-14-40(38)50-48)36-26-22-32-18-16-28-8-6-10-30-20-24-34(36)44(32)42(28)30/h1-26H. The van der Waals surface area contributed by atoms with E-state index in [-0.39, 0.29) is 0 Å². The van der Waals surface area contributed by atoms with Crippen LogP contribution in [0, 0.1) is 0 Å². The van der Waals surface area contributed by atoms with E-state index < -0.39 is 0 Å². The van der Waals surface area contributed by atoms with E-state index in [1.54, 1.807) is 0 Å². The minimum Gasteiger partial charge on any atom is -0.134 e. The van der Waals surface area contributed by atoms with E-state index in [0.717, 1.165) is 0 Å². The summed E-state index contributed by atoms with van der Waals surface area (Å²) in [5.74, 6) is 0. The Hall–Kier alpha value is -5.80. The topological polar surface area (TPSA) is 0 Å². The minimum atomic E-state index is 1.30.